The zero-order valence-electron chi connectivity index (χ0n) is 13.0. The summed E-state index contributed by atoms with van der Waals surface area (Å²) in [5.41, 5.74) is 0.498. The molecule has 1 heteroatoms. The predicted molar refractivity (Wildman–Crippen MR) is 75.2 cm³/mol. The maximum atomic E-state index is 6.30. The van der Waals surface area contributed by atoms with Gasteiger partial charge in [0.15, 0.2) is 0 Å². The van der Waals surface area contributed by atoms with Crippen molar-refractivity contribution in [1.29, 1.82) is 0 Å². The first-order chi connectivity index (χ1) is 7.63. The first kappa shape index (κ1) is 15.0. The van der Waals surface area contributed by atoms with E-state index in [4.69, 9.17) is 4.74 Å². The highest BCUT2D eigenvalue weighted by atomic mass is 16.5. The lowest BCUT2D eigenvalue weighted by atomic mass is 9.72. The van der Waals surface area contributed by atoms with Crippen LogP contribution >= 0.6 is 0 Å². The van der Waals surface area contributed by atoms with Crippen molar-refractivity contribution in [2.75, 3.05) is 0 Å². The minimum absolute atomic E-state index is 0.0270. The van der Waals surface area contributed by atoms with Crippen molar-refractivity contribution in [3.8, 4) is 0 Å². The first-order valence-corrected chi connectivity index (χ1v) is 7.30. The summed E-state index contributed by atoms with van der Waals surface area (Å²) in [5, 5.41) is 0. The molecule has 1 saturated carbocycles. The van der Waals surface area contributed by atoms with Gasteiger partial charge >= 0.3 is 0 Å². The summed E-state index contributed by atoms with van der Waals surface area (Å²) in [5.74, 6) is 1.47. The van der Waals surface area contributed by atoms with E-state index in [2.05, 4.69) is 48.5 Å². The quantitative estimate of drug-likeness (QED) is 0.671. The van der Waals surface area contributed by atoms with E-state index >= 15 is 0 Å². The van der Waals surface area contributed by atoms with Crippen LogP contribution in [0.25, 0.3) is 0 Å². The number of ether oxygens (including phenoxy) is 1. The third-order valence-corrected chi connectivity index (χ3v) is 4.76. The van der Waals surface area contributed by atoms with E-state index in [0.717, 1.165) is 5.92 Å². The summed E-state index contributed by atoms with van der Waals surface area (Å²) < 4.78 is 6.30. The van der Waals surface area contributed by atoms with E-state index in [1.165, 1.54) is 25.7 Å². The summed E-state index contributed by atoms with van der Waals surface area (Å²) >= 11 is 0. The van der Waals surface area contributed by atoms with E-state index in [0.29, 0.717) is 17.4 Å². The summed E-state index contributed by atoms with van der Waals surface area (Å²) in [6.45, 7) is 16.1. The molecule has 0 aromatic heterocycles. The fourth-order valence-corrected chi connectivity index (χ4v) is 2.61. The van der Waals surface area contributed by atoms with Gasteiger partial charge in [0.05, 0.1) is 11.7 Å². The van der Waals surface area contributed by atoms with Gasteiger partial charge in [-0.05, 0) is 56.8 Å². The van der Waals surface area contributed by atoms with Crippen LogP contribution in [0.3, 0.4) is 0 Å². The van der Waals surface area contributed by atoms with E-state index in [9.17, 15) is 0 Å². The molecule has 0 radical (unpaired) electrons. The molecule has 0 saturated heterocycles. The van der Waals surface area contributed by atoms with Crippen LogP contribution < -0.4 is 0 Å². The molecule has 1 aliphatic rings. The number of hydrogen-bond donors (Lipinski definition) is 0. The Labute approximate surface area is 108 Å². The molecule has 0 N–H and O–H groups in total. The molecule has 17 heavy (non-hydrogen) atoms. The molecule has 0 aromatic rings. The van der Waals surface area contributed by atoms with Gasteiger partial charge in [0.2, 0.25) is 0 Å². The molecule has 0 unspecified atom stereocenters. The molecule has 1 aliphatic carbocycles. The van der Waals surface area contributed by atoms with Crippen molar-refractivity contribution in [2.45, 2.75) is 85.9 Å². The minimum Gasteiger partial charge on any atom is -0.372 e. The van der Waals surface area contributed by atoms with Crippen molar-refractivity contribution in [3.05, 3.63) is 0 Å². The van der Waals surface area contributed by atoms with Crippen molar-refractivity contribution in [1.82, 2.24) is 0 Å². The van der Waals surface area contributed by atoms with Gasteiger partial charge in [-0.2, -0.15) is 0 Å². The zero-order valence-corrected chi connectivity index (χ0v) is 13.0. The molecule has 1 rings (SSSR count). The van der Waals surface area contributed by atoms with Crippen molar-refractivity contribution in [2.24, 2.45) is 17.3 Å². The zero-order chi connectivity index (χ0) is 13.3. The van der Waals surface area contributed by atoms with Gasteiger partial charge < -0.3 is 4.74 Å². The minimum atomic E-state index is 0.0270. The lowest BCUT2D eigenvalue weighted by Crippen LogP contribution is -2.38. The Morgan fingerprint density at radius 1 is 0.882 bits per heavy atom. The Hall–Kier alpha value is -0.0400. The smallest absolute Gasteiger partial charge is 0.0653 e. The second kappa shape index (κ2) is 5.30. The highest BCUT2D eigenvalue weighted by molar-refractivity contribution is 4.83. The van der Waals surface area contributed by atoms with Crippen LogP contribution in [0, 0.1) is 17.3 Å². The predicted octanol–water partition coefficient (Wildman–Crippen LogP) is 5.04. The molecule has 0 aromatic carbocycles. The number of hydrogen-bond acceptors (Lipinski definition) is 1. The Morgan fingerprint density at radius 3 is 1.71 bits per heavy atom. The molecular formula is C16H32O. The standard InChI is InChI=1S/C16H32O/c1-12(2)16(6,7)17-14-10-8-13(9-11-14)15(3,4)5/h12-14H,8-11H2,1-7H3. The molecular weight excluding hydrogens is 208 g/mol. The summed E-state index contributed by atoms with van der Waals surface area (Å²) in [6, 6.07) is 0. The van der Waals surface area contributed by atoms with Crippen LogP contribution in [0.2, 0.25) is 0 Å². The molecule has 102 valence electrons. The van der Waals surface area contributed by atoms with E-state index in [1.807, 2.05) is 0 Å². The SMILES string of the molecule is CC(C)C(C)(C)OC1CCC(C(C)(C)C)CC1. The van der Waals surface area contributed by atoms with Crippen molar-refractivity contribution < 1.29 is 4.74 Å². The fourth-order valence-electron chi connectivity index (χ4n) is 2.61. The van der Waals surface area contributed by atoms with Gasteiger partial charge in [0.1, 0.15) is 0 Å². The van der Waals surface area contributed by atoms with Crippen LogP contribution in [0.4, 0.5) is 0 Å². The van der Waals surface area contributed by atoms with Gasteiger partial charge in [-0.1, -0.05) is 34.6 Å². The van der Waals surface area contributed by atoms with Crippen molar-refractivity contribution >= 4 is 0 Å². The van der Waals surface area contributed by atoms with Crippen LogP contribution in [0.5, 0.6) is 0 Å². The molecule has 1 nitrogen and oxygen atoms in total. The normalized spacial score (nSPS) is 27.5. The molecule has 0 spiro atoms. The Balaban J connectivity index is 2.43. The lowest BCUT2D eigenvalue weighted by Gasteiger charge is -2.40. The summed E-state index contributed by atoms with van der Waals surface area (Å²) in [6.07, 6.45) is 5.66. The Kier molecular flexibility index (Phi) is 4.68. The topological polar surface area (TPSA) is 9.23 Å². The Bertz CT molecular complexity index is 226. The van der Waals surface area contributed by atoms with Gasteiger partial charge in [-0.25, -0.2) is 0 Å². The lowest BCUT2D eigenvalue weighted by molar-refractivity contribution is -0.116. The highest BCUT2D eigenvalue weighted by Crippen LogP contribution is 2.39. The number of rotatable bonds is 3. The maximum absolute atomic E-state index is 6.30. The van der Waals surface area contributed by atoms with Gasteiger partial charge in [0.25, 0.3) is 0 Å². The molecule has 0 amide bonds. The second-order valence-corrected chi connectivity index (χ2v) is 7.72. The summed E-state index contributed by atoms with van der Waals surface area (Å²) in [4.78, 5) is 0. The third-order valence-electron chi connectivity index (χ3n) is 4.76. The monoisotopic (exact) mass is 240 g/mol. The summed E-state index contributed by atoms with van der Waals surface area (Å²) in [7, 11) is 0. The average molecular weight is 240 g/mol. The fraction of sp³-hybridized carbons (Fsp3) is 1.00. The first-order valence-electron chi connectivity index (χ1n) is 7.30. The van der Waals surface area contributed by atoms with Crippen molar-refractivity contribution in [3.63, 3.8) is 0 Å². The molecule has 0 bridgehead atoms. The molecule has 1 fully saturated rings. The van der Waals surface area contributed by atoms with Gasteiger partial charge in [-0.15, -0.1) is 0 Å². The Morgan fingerprint density at radius 2 is 1.35 bits per heavy atom. The van der Waals surface area contributed by atoms with Crippen LogP contribution in [-0.2, 0) is 4.74 Å². The average Bonchev–Trinajstić information content (AvgIpc) is 2.16. The molecule has 0 aliphatic heterocycles. The van der Waals surface area contributed by atoms with Crippen LogP contribution in [0.15, 0.2) is 0 Å². The van der Waals surface area contributed by atoms with E-state index < -0.39 is 0 Å². The largest absolute Gasteiger partial charge is 0.372 e. The molecule has 0 atom stereocenters. The third kappa shape index (κ3) is 4.28. The van der Waals surface area contributed by atoms with Gasteiger partial charge in [-0.3, -0.25) is 0 Å². The van der Waals surface area contributed by atoms with Crippen LogP contribution in [-0.4, -0.2) is 11.7 Å². The van der Waals surface area contributed by atoms with Crippen LogP contribution in [0.1, 0.15) is 74.1 Å². The van der Waals surface area contributed by atoms with E-state index in [-0.39, 0.29) is 5.60 Å². The highest BCUT2D eigenvalue weighted by Gasteiger charge is 2.33. The maximum Gasteiger partial charge on any atom is 0.0653 e. The second-order valence-electron chi connectivity index (χ2n) is 7.72. The van der Waals surface area contributed by atoms with Gasteiger partial charge in [0, 0.05) is 0 Å². The van der Waals surface area contributed by atoms with E-state index in [1.54, 1.807) is 0 Å². The molecule has 0 heterocycles.